The zero-order valence-electron chi connectivity index (χ0n) is 22.6. The Hall–Kier alpha value is -4.79. The Balaban J connectivity index is 1.39. The molecular formula is C28H26F4N6O5. The number of imide groups is 1. The van der Waals surface area contributed by atoms with Crippen molar-refractivity contribution in [2.24, 2.45) is 5.73 Å². The van der Waals surface area contributed by atoms with E-state index in [0.29, 0.717) is 26.5 Å². The van der Waals surface area contributed by atoms with E-state index < -0.39 is 66.5 Å². The van der Waals surface area contributed by atoms with Crippen molar-refractivity contribution in [3.05, 3.63) is 77.4 Å². The number of primary amides is 1. The third kappa shape index (κ3) is 5.55. The molecule has 1 fully saturated rings. The lowest BCUT2D eigenvalue weighted by atomic mass is 9.90. The number of amides is 5. The molecule has 1 aromatic heterocycles. The normalized spacial score (nSPS) is 20.3. The Kier molecular flexibility index (Phi) is 7.46. The number of halogens is 4. The molecule has 1 aliphatic carbocycles. The van der Waals surface area contributed by atoms with Gasteiger partial charge >= 0.3 is 12.2 Å². The van der Waals surface area contributed by atoms with E-state index >= 15 is 0 Å². The molecule has 3 aromatic rings. The Bertz CT molecular complexity index is 1610. The Morgan fingerprint density at radius 2 is 1.86 bits per heavy atom. The summed E-state index contributed by atoms with van der Waals surface area (Å²) in [4.78, 5) is 52.1. The highest BCUT2D eigenvalue weighted by Gasteiger charge is 2.58. The van der Waals surface area contributed by atoms with E-state index in [0.717, 1.165) is 19.1 Å². The van der Waals surface area contributed by atoms with Crippen LogP contribution in [0.3, 0.4) is 0 Å². The van der Waals surface area contributed by atoms with Gasteiger partial charge in [0.15, 0.2) is 0 Å². The number of nitrogens with zero attached hydrogens (tertiary/aromatic N) is 4. The first-order valence-corrected chi connectivity index (χ1v) is 13.1. The summed E-state index contributed by atoms with van der Waals surface area (Å²) in [7, 11) is 0. The summed E-state index contributed by atoms with van der Waals surface area (Å²) in [5.41, 5.74) is 5.45. The van der Waals surface area contributed by atoms with Crippen molar-refractivity contribution in [1.29, 1.82) is 0 Å². The first-order chi connectivity index (χ1) is 20.2. The van der Waals surface area contributed by atoms with Gasteiger partial charge in [-0.3, -0.25) is 24.0 Å². The maximum Gasteiger partial charge on any atom is 0.408 e. The average molecular weight is 603 g/mol. The van der Waals surface area contributed by atoms with E-state index in [1.165, 1.54) is 29.1 Å². The SMILES string of the molecule is CC(N(Cc1ccc(F)cc1)C(=O)CN1C(=O)NC2(CC(O)c3cc(-c4cnn(CC(N)=O)c4)ccc32)C1=O)C(F)(F)F. The second-order valence-electron chi connectivity index (χ2n) is 10.5. The van der Waals surface area contributed by atoms with E-state index in [1.54, 1.807) is 18.3 Å². The van der Waals surface area contributed by atoms with Crippen molar-refractivity contribution in [3.8, 4) is 11.1 Å². The van der Waals surface area contributed by atoms with Crippen LogP contribution in [0.1, 0.15) is 36.1 Å². The van der Waals surface area contributed by atoms with Crippen molar-refractivity contribution in [3.63, 3.8) is 0 Å². The zero-order valence-corrected chi connectivity index (χ0v) is 22.6. The minimum atomic E-state index is -4.82. The number of carbonyl (C=O) groups excluding carboxylic acids is 4. The molecule has 226 valence electrons. The fourth-order valence-electron chi connectivity index (χ4n) is 5.40. The van der Waals surface area contributed by atoms with Crippen LogP contribution in [-0.2, 0) is 33.0 Å². The molecule has 0 saturated carbocycles. The summed E-state index contributed by atoms with van der Waals surface area (Å²) in [6, 6.07) is 6.01. The van der Waals surface area contributed by atoms with Crippen LogP contribution in [-0.4, -0.2) is 67.2 Å². The van der Waals surface area contributed by atoms with Crippen molar-refractivity contribution < 1.29 is 41.8 Å². The number of nitrogens with one attached hydrogen (secondary N) is 1. The van der Waals surface area contributed by atoms with E-state index in [1.807, 2.05) is 0 Å². The van der Waals surface area contributed by atoms with E-state index in [-0.39, 0.29) is 24.1 Å². The Morgan fingerprint density at radius 3 is 2.51 bits per heavy atom. The van der Waals surface area contributed by atoms with Crippen molar-refractivity contribution in [2.75, 3.05) is 6.54 Å². The molecule has 43 heavy (non-hydrogen) atoms. The van der Waals surface area contributed by atoms with Crippen molar-refractivity contribution in [1.82, 2.24) is 24.9 Å². The number of aliphatic hydroxyl groups excluding tert-OH is 1. The maximum absolute atomic E-state index is 13.7. The van der Waals surface area contributed by atoms with Gasteiger partial charge in [-0.1, -0.05) is 24.3 Å². The molecule has 2 aromatic carbocycles. The van der Waals surface area contributed by atoms with Gasteiger partial charge in [-0.25, -0.2) is 9.18 Å². The van der Waals surface area contributed by atoms with Gasteiger partial charge < -0.3 is 21.1 Å². The van der Waals surface area contributed by atoms with Gasteiger partial charge in [-0.05, 0) is 47.4 Å². The standard InChI is InChI=1S/C28H26F4N6O5/c1-15(28(30,31)32)37(11-16-2-5-19(29)6-3-16)24(41)14-38-25(42)27(35-26(38)43)9-22(39)20-8-17(4-7-21(20)27)18-10-34-36(12-18)13-23(33)40/h2-8,10,12,15,22,39H,9,11,13-14H2,1H3,(H2,33,40)(H,35,43). The van der Waals surface area contributed by atoms with Crippen LogP contribution in [0.5, 0.6) is 0 Å². The summed E-state index contributed by atoms with van der Waals surface area (Å²) >= 11 is 0. The molecule has 2 aliphatic rings. The van der Waals surface area contributed by atoms with Gasteiger partial charge in [0.25, 0.3) is 5.91 Å². The molecule has 5 amide bonds. The molecule has 4 N–H and O–H groups in total. The van der Waals surface area contributed by atoms with Crippen LogP contribution in [0.4, 0.5) is 22.4 Å². The lowest BCUT2D eigenvalue weighted by Gasteiger charge is -2.32. The number of carbonyl (C=O) groups is 4. The first kappa shape index (κ1) is 29.7. The number of fused-ring (bicyclic) bond motifs is 2. The monoisotopic (exact) mass is 602 g/mol. The van der Waals surface area contributed by atoms with Crippen molar-refractivity contribution in [2.45, 2.75) is 50.3 Å². The van der Waals surface area contributed by atoms with Gasteiger partial charge in [0.2, 0.25) is 11.8 Å². The van der Waals surface area contributed by atoms with Crippen LogP contribution in [0.2, 0.25) is 0 Å². The first-order valence-electron chi connectivity index (χ1n) is 13.1. The number of aliphatic hydroxyl groups is 1. The number of benzene rings is 2. The summed E-state index contributed by atoms with van der Waals surface area (Å²) in [5.74, 6) is -3.26. The van der Waals surface area contributed by atoms with Gasteiger partial charge in [-0.15, -0.1) is 0 Å². The topological polar surface area (TPSA) is 151 Å². The van der Waals surface area contributed by atoms with Crippen LogP contribution >= 0.6 is 0 Å². The number of hydrogen-bond acceptors (Lipinski definition) is 6. The second kappa shape index (κ2) is 10.8. The molecule has 0 bridgehead atoms. The molecule has 3 atom stereocenters. The highest BCUT2D eigenvalue weighted by atomic mass is 19.4. The molecule has 0 radical (unpaired) electrons. The van der Waals surface area contributed by atoms with Crippen LogP contribution in [0.15, 0.2) is 54.9 Å². The second-order valence-corrected chi connectivity index (χ2v) is 10.5. The molecular weight excluding hydrogens is 576 g/mol. The summed E-state index contributed by atoms with van der Waals surface area (Å²) in [6.45, 7) is -0.909. The molecule has 1 spiro atoms. The van der Waals surface area contributed by atoms with Crippen LogP contribution < -0.4 is 11.1 Å². The molecule has 11 nitrogen and oxygen atoms in total. The quantitative estimate of drug-likeness (QED) is 0.266. The highest BCUT2D eigenvalue weighted by molar-refractivity contribution is 6.10. The van der Waals surface area contributed by atoms with Crippen molar-refractivity contribution >= 4 is 23.8 Å². The fraction of sp³-hybridized carbons (Fsp3) is 0.321. The average Bonchev–Trinajstić information content (AvgIpc) is 3.58. The van der Waals surface area contributed by atoms with Gasteiger partial charge in [0.05, 0.1) is 12.3 Å². The Morgan fingerprint density at radius 1 is 1.16 bits per heavy atom. The number of alkyl halides is 3. The van der Waals surface area contributed by atoms with Gasteiger partial charge in [0.1, 0.15) is 30.5 Å². The summed E-state index contributed by atoms with van der Waals surface area (Å²) < 4.78 is 55.7. The predicted octanol–water partition coefficient (Wildman–Crippen LogP) is 2.34. The van der Waals surface area contributed by atoms with Gasteiger partial charge in [-0.2, -0.15) is 18.3 Å². The largest absolute Gasteiger partial charge is 0.408 e. The zero-order chi connectivity index (χ0) is 31.3. The number of aromatic nitrogens is 2. The minimum absolute atomic E-state index is 0.144. The summed E-state index contributed by atoms with van der Waals surface area (Å²) in [6.07, 6.45) is -3.23. The predicted molar refractivity (Wildman–Crippen MR) is 141 cm³/mol. The number of hydrogen-bond donors (Lipinski definition) is 3. The van der Waals surface area contributed by atoms with Crippen LogP contribution in [0.25, 0.3) is 11.1 Å². The smallest absolute Gasteiger partial charge is 0.388 e. The van der Waals surface area contributed by atoms with Crippen LogP contribution in [0, 0.1) is 5.82 Å². The summed E-state index contributed by atoms with van der Waals surface area (Å²) in [5, 5.41) is 17.5. The molecule has 2 heterocycles. The van der Waals surface area contributed by atoms with Gasteiger partial charge in [0, 0.05) is 24.7 Å². The van der Waals surface area contributed by atoms with E-state index in [9.17, 15) is 41.8 Å². The lowest BCUT2D eigenvalue weighted by Crippen LogP contribution is -2.51. The maximum atomic E-state index is 13.7. The molecule has 1 saturated heterocycles. The molecule has 15 heteroatoms. The molecule has 1 aliphatic heterocycles. The minimum Gasteiger partial charge on any atom is -0.388 e. The lowest BCUT2D eigenvalue weighted by molar-refractivity contribution is -0.187. The molecule has 5 rings (SSSR count). The molecule has 3 unspecified atom stereocenters. The fourth-order valence-corrected chi connectivity index (χ4v) is 5.40. The third-order valence-corrected chi connectivity index (χ3v) is 7.65. The number of nitrogens with two attached hydrogens (primary N) is 1. The third-order valence-electron chi connectivity index (χ3n) is 7.65. The number of urea groups is 1. The Labute approximate surface area is 241 Å². The van der Waals surface area contributed by atoms with E-state index in [4.69, 9.17) is 5.73 Å². The van der Waals surface area contributed by atoms with E-state index in [2.05, 4.69) is 10.4 Å². The number of rotatable bonds is 8. The highest BCUT2D eigenvalue weighted by Crippen LogP contribution is 2.47.